The molecule has 0 bridgehead atoms. The van der Waals surface area contributed by atoms with Crippen molar-refractivity contribution in [2.24, 2.45) is 0 Å². The average molecular weight is 742 g/mol. The van der Waals surface area contributed by atoms with E-state index in [1.807, 2.05) is 0 Å². The number of ether oxygens (including phenoxy) is 3. The number of unbranched alkanes of at least 4 members (excludes halogenated alkanes) is 9. The van der Waals surface area contributed by atoms with Crippen LogP contribution in [0.15, 0.2) is 72.9 Å². The molecule has 0 saturated carbocycles. The highest BCUT2D eigenvalue weighted by Crippen LogP contribution is 2.11. The second kappa shape index (κ2) is 35.8. The number of aliphatic carboxylic acids is 1. The van der Waals surface area contributed by atoms with Crippen LogP contribution in [0.2, 0.25) is 0 Å². The standard InChI is InChI=1S/C45H75NO7/c1-6-8-10-12-14-16-18-20-21-22-23-24-26-27-29-31-33-35-43(47)52-40-41(39-51-38-37-42(45(49)50)46(3,4)5)53-44(48)36-34-32-30-28-25-19-17-15-13-11-9-7-2/h9,11,15,17,20-21,23-25,27-29,41-42H,6-8,10,12-14,16,18-19,22,26,30-40H2,1-5H3/b11-9+,17-15+,21-20+,24-23+,28-25+,29-27+. The van der Waals surface area contributed by atoms with Crippen molar-refractivity contribution in [2.75, 3.05) is 41.0 Å². The molecule has 0 rings (SSSR count). The zero-order valence-corrected chi connectivity index (χ0v) is 34.2. The van der Waals surface area contributed by atoms with Crippen LogP contribution in [0.25, 0.3) is 0 Å². The molecule has 0 amide bonds. The number of carbonyl (C=O) groups excluding carboxylic acids is 3. The molecule has 8 nitrogen and oxygen atoms in total. The molecule has 0 aliphatic carbocycles. The molecule has 53 heavy (non-hydrogen) atoms. The van der Waals surface area contributed by atoms with Crippen LogP contribution in [-0.4, -0.2) is 75.5 Å². The fraction of sp³-hybridized carbons (Fsp3) is 0.667. The van der Waals surface area contributed by atoms with E-state index < -0.39 is 18.1 Å². The molecule has 0 N–H and O–H groups in total. The van der Waals surface area contributed by atoms with Crippen molar-refractivity contribution in [1.29, 1.82) is 0 Å². The normalized spacial score (nSPS) is 13.8. The molecule has 0 fully saturated rings. The summed E-state index contributed by atoms with van der Waals surface area (Å²) in [7, 11) is 5.36. The molecule has 2 unspecified atom stereocenters. The molecule has 0 radical (unpaired) electrons. The van der Waals surface area contributed by atoms with Gasteiger partial charge in [0.2, 0.25) is 0 Å². The second-order valence-electron chi connectivity index (χ2n) is 14.5. The third-order valence-electron chi connectivity index (χ3n) is 8.58. The number of rotatable bonds is 35. The van der Waals surface area contributed by atoms with E-state index in [2.05, 4.69) is 86.8 Å². The average Bonchev–Trinajstić information content (AvgIpc) is 3.11. The molecule has 0 aromatic carbocycles. The summed E-state index contributed by atoms with van der Waals surface area (Å²) in [5.74, 6) is -1.87. The van der Waals surface area contributed by atoms with Crippen LogP contribution in [0.4, 0.5) is 0 Å². The summed E-state index contributed by atoms with van der Waals surface area (Å²) in [5.41, 5.74) is 0. The smallest absolute Gasteiger partial charge is 0.306 e. The van der Waals surface area contributed by atoms with E-state index in [0.29, 0.717) is 12.8 Å². The zero-order chi connectivity index (χ0) is 39.3. The van der Waals surface area contributed by atoms with Crippen molar-refractivity contribution in [3.05, 3.63) is 72.9 Å². The van der Waals surface area contributed by atoms with Crippen molar-refractivity contribution in [1.82, 2.24) is 0 Å². The van der Waals surface area contributed by atoms with Crippen LogP contribution in [-0.2, 0) is 28.6 Å². The van der Waals surface area contributed by atoms with Crippen molar-refractivity contribution in [3.63, 3.8) is 0 Å². The Kier molecular flexibility index (Phi) is 33.6. The first-order valence-corrected chi connectivity index (χ1v) is 20.5. The predicted octanol–water partition coefficient (Wildman–Crippen LogP) is 9.46. The number of likely N-dealkylation sites (N-methyl/N-ethyl adjacent to an activating group) is 1. The molecular formula is C45H75NO7. The highest BCUT2D eigenvalue weighted by Gasteiger charge is 2.25. The second-order valence-corrected chi connectivity index (χ2v) is 14.5. The van der Waals surface area contributed by atoms with Gasteiger partial charge in [-0.05, 0) is 77.0 Å². The van der Waals surface area contributed by atoms with E-state index in [4.69, 9.17) is 14.2 Å². The first kappa shape index (κ1) is 49.8. The lowest BCUT2D eigenvalue weighted by Crippen LogP contribution is -2.55. The maximum Gasteiger partial charge on any atom is 0.306 e. The number of carbonyl (C=O) groups is 3. The van der Waals surface area contributed by atoms with Crippen molar-refractivity contribution >= 4 is 17.9 Å². The highest BCUT2D eigenvalue weighted by atomic mass is 16.6. The molecule has 0 aliphatic rings. The van der Waals surface area contributed by atoms with Crippen molar-refractivity contribution in [2.45, 2.75) is 154 Å². The molecular weight excluding hydrogens is 666 g/mol. The van der Waals surface area contributed by atoms with Crippen LogP contribution in [0.5, 0.6) is 0 Å². The molecule has 0 aromatic heterocycles. The van der Waals surface area contributed by atoms with Crippen LogP contribution in [0.1, 0.15) is 142 Å². The number of esters is 2. The first-order chi connectivity index (χ1) is 25.6. The Labute approximate surface area is 323 Å². The minimum Gasteiger partial charge on any atom is -0.544 e. The molecule has 302 valence electrons. The lowest BCUT2D eigenvalue weighted by molar-refractivity contribution is -0.889. The molecule has 8 heteroatoms. The summed E-state index contributed by atoms with van der Waals surface area (Å²) in [4.78, 5) is 36.7. The van der Waals surface area contributed by atoms with Gasteiger partial charge in [-0.2, -0.15) is 0 Å². The summed E-state index contributed by atoms with van der Waals surface area (Å²) >= 11 is 0. The van der Waals surface area contributed by atoms with Crippen LogP contribution in [0.3, 0.4) is 0 Å². The molecule has 2 atom stereocenters. The van der Waals surface area contributed by atoms with E-state index in [9.17, 15) is 19.5 Å². The highest BCUT2D eigenvalue weighted by molar-refractivity contribution is 5.70. The number of carboxylic acid groups (broad SMARTS) is 1. The van der Waals surface area contributed by atoms with Gasteiger partial charge in [-0.15, -0.1) is 0 Å². The minimum absolute atomic E-state index is 0.00555. The van der Waals surface area contributed by atoms with Gasteiger partial charge in [0.05, 0.1) is 40.3 Å². The largest absolute Gasteiger partial charge is 0.544 e. The van der Waals surface area contributed by atoms with Crippen LogP contribution < -0.4 is 5.11 Å². The summed E-state index contributed by atoms with van der Waals surface area (Å²) in [6, 6.07) is -0.742. The first-order valence-electron chi connectivity index (χ1n) is 20.5. The maximum atomic E-state index is 12.6. The Balaban J connectivity index is 4.52. The van der Waals surface area contributed by atoms with Crippen LogP contribution in [0, 0.1) is 0 Å². The van der Waals surface area contributed by atoms with Crippen LogP contribution >= 0.6 is 0 Å². The van der Waals surface area contributed by atoms with Gasteiger partial charge in [-0.1, -0.05) is 119 Å². The summed E-state index contributed by atoms with van der Waals surface area (Å²) < 4.78 is 17.0. The predicted molar refractivity (Wildman–Crippen MR) is 217 cm³/mol. The monoisotopic (exact) mass is 742 g/mol. The lowest BCUT2D eigenvalue weighted by Gasteiger charge is -2.34. The van der Waals surface area contributed by atoms with E-state index in [0.717, 1.165) is 51.4 Å². The van der Waals surface area contributed by atoms with E-state index >= 15 is 0 Å². The Morgan fingerprint density at radius 2 is 1.08 bits per heavy atom. The number of hydrogen-bond acceptors (Lipinski definition) is 7. The zero-order valence-electron chi connectivity index (χ0n) is 34.2. The number of nitrogens with zero attached hydrogens (tertiary/aromatic N) is 1. The summed E-state index contributed by atoms with van der Waals surface area (Å²) in [5, 5.41) is 11.6. The van der Waals surface area contributed by atoms with Gasteiger partial charge < -0.3 is 28.6 Å². The van der Waals surface area contributed by atoms with Gasteiger partial charge in [0, 0.05) is 19.3 Å². The van der Waals surface area contributed by atoms with Gasteiger partial charge in [0.15, 0.2) is 6.10 Å². The molecule has 0 saturated heterocycles. The Morgan fingerprint density at radius 3 is 1.62 bits per heavy atom. The van der Waals surface area contributed by atoms with E-state index in [-0.39, 0.29) is 55.5 Å². The maximum absolute atomic E-state index is 12.6. The lowest BCUT2D eigenvalue weighted by atomic mass is 10.1. The molecule has 0 spiro atoms. The van der Waals surface area contributed by atoms with Gasteiger partial charge in [0.25, 0.3) is 0 Å². The van der Waals surface area contributed by atoms with Crippen molar-refractivity contribution < 1.29 is 38.2 Å². The fourth-order valence-corrected chi connectivity index (χ4v) is 5.39. The fourth-order valence-electron chi connectivity index (χ4n) is 5.39. The number of hydrogen-bond donors (Lipinski definition) is 0. The number of carboxylic acids is 1. The van der Waals surface area contributed by atoms with Gasteiger partial charge in [0.1, 0.15) is 12.6 Å². The third kappa shape index (κ3) is 34.3. The summed E-state index contributed by atoms with van der Waals surface area (Å²) in [6.07, 6.45) is 43.7. The van der Waals surface area contributed by atoms with Gasteiger partial charge in [-0.3, -0.25) is 9.59 Å². The Bertz CT molecular complexity index is 1100. The minimum atomic E-state index is -1.14. The number of allylic oxidation sites excluding steroid dienone is 12. The SMILES string of the molecule is CC/C=C/C/C=C/C/C=C/CCCCC(=O)OC(COCCC(C(=O)[O-])[N+](C)(C)C)COC(=O)CCC/C=C/C/C=C/C/C=C/CCCCCCCC. The van der Waals surface area contributed by atoms with Gasteiger partial charge >= 0.3 is 11.9 Å². The third-order valence-corrected chi connectivity index (χ3v) is 8.58. The summed E-state index contributed by atoms with van der Waals surface area (Å²) in [6.45, 7) is 4.41. The topological polar surface area (TPSA) is 102 Å². The van der Waals surface area contributed by atoms with E-state index in [1.54, 1.807) is 21.1 Å². The number of quaternary nitrogens is 1. The quantitative estimate of drug-likeness (QED) is 0.0276. The molecule has 0 aromatic rings. The van der Waals surface area contributed by atoms with E-state index in [1.165, 1.54) is 44.9 Å². The Morgan fingerprint density at radius 1 is 0.585 bits per heavy atom. The molecule has 0 heterocycles. The van der Waals surface area contributed by atoms with Gasteiger partial charge in [-0.25, -0.2) is 0 Å². The molecule has 0 aliphatic heterocycles. The Hall–Kier alpha value is -3.23. The van der Waals surface area contributed by atoms with Crippen molar-refractivity contribution in [3.8, 4) is 0 Å².